The van der Waals surface area contributed by atoms with Crippen molar-refractivity contribution in [2.75, 3.05) is 13.2 Å². The fourth-order valence-electron chi connectivity index (χ4n) is 0.167. The van der Waals surface area contributed by atoms with E-state index in [-0.39, 0.29) is 0 Å². The first-order chi connectivity index (χ1) is 4.91. The summed E-state index contributed by atoms with van der Waals surface area (Å²) in [5.74, 6) is 0. The summed E-state index contributed by atoms with van der Waals surface area (Å²) < 4.78 is 31.6. The van der Waals surface area contributed by atoms with Crippen molar-refractivity contribution in [3.05, 3.63) is 0 Å². The van der Waals surface area contributed by atoms with E-state index in [1.165, 1.54) is 0 Å². The zero-order valence-electron chi connectivity index (χ0n) is 6.35. The van der Waals surface area contributed by atoms with E-state index < -0.39 is 10.4 Å². The Bertz CT molecular complexity index is 138. The van der Waals surface area contributed by atoms with Crippen molar-refractivity contribution < 1.29 is 27.3 Å². The van der Waals surface area contributed by atoms with Gasteiger partial charge in [-0.1, -0.05) is 0 Å². The molecule has 0 aromatic carbocycles. The van der Waals surface area contributed by atoms with Gasteiger partial charge < -0.3 is 0 Å². The lowest BCUT2D eigenvalue weighted by Crippen LogP contribution is -1.90. The molecule has 0 aliphatic carbocycles. The van der Waals surface area contributed by atoms with E-state index in [9.17, 15) is 0 Å². The monoisotopic (exact) mass is 188 g/mol. The highest BCUT2D eigenvalue weighted by atomic mass is 32.3. The summed E-state index contributed by atoms with van der Waals surface area (Å²) >= 11 is 0. The molecule has 0 fully saturated rings. The SMILES string of the molecule is CCOOCC.O=S(=O)(O)O. The molecular formula is C4H12O6S. The van der Waals surface area contributed by atoms with Crippen LogP contribution in [0.25, 0.3) is 0 Å². The Hall–Kier alpha value is -0.210. The predicted octanol–water partition coefficient (Wildman–Crippen LogP) is 0.322. The molecule has 2 N–H and O–H groups in total. The second-order valence-corrected chi connectivity index (χ2v) is 2.16. The van der Waals surface area contributed by atoms with Crippen LogP contribution in [0.3, 0.4) is 0 Å². The smallest absolute Gasteiger partial charge is 0.264 e. The van der Waals surface area contributed by atoms with E-state index >= 15 is 0 Å². The van der Waals surface area contributed by atoms with Crippen LogP contribution in [-0.2, 0) is 20.2 Å². The van der Waals surface area contributed by atoms with Crippen LogP contribution in [0.15, 0.2) is 0 Å². The van der Waals surface area contributed by atoms with Crippen molar-refractivity contribution in [2.45, 2.75) is 13.8 Å². The van der Waals surface area contributed by atoms with Crippen molar-refractivity contribution >= 4 is 10.4 Å². The Balaban J connectivity index is 0. The molecule has 0 atom stereocenters. The molecular weight excluding hydrogens is 176 g/mol. The molecule has 7 heteroatoms. The molecule has 0 saturated heterocycles. The lowest BCUT2D eigenvalue weighted by Gasteiger charge is -1.92. The van der Waals surface area contributed by atoms with Gasteiger partial charge in [0.1, 0.15) is 0 Å². The number of rotatable bonds is 3. The van der Waals surface area contributed by atoms with Crippen LogP contribution in [0.1, 0.15) is 13.8 Å². The number of hydrogen-bond acceptors (Lipinski definition) is 4. The fourth-order valence-corrected chi connectivity index (χ4v) is 0.167. The van der Waals surface area contributed by atoms with Crippen LogP contribution >= 0.6 is 0 Å². The van der Waals surface area contributed by atoms with Crippen molar-refractivity contribution in [1.82, 2.24) is 0 Å². The van der Waals surface area contributed by atoms with Gasteiger partial charge in [-0.15, -0.1) is 0 Å². The van der Waals surface area contributed by atoms with Crippen molar-refractivity contribution in [1.29, 1.82) is 0 Å². The molecule has 6 nitrogen and oxygen atoms in total. The van der Waals surface area contributed by atoms with E-state index in [1.54, 1.807) is 0 Å². The second-order valence-electron chi connectivity index (χ2n) is 1.26. The summed E-state index contributed by atoms with van der Waals surface area (Å²) in [7, 11) is -4.67. The molecule has 0 aliphatic heterocycles. The topological polar surface area (TPSA) is 93.1 Å². The predicted molar refractivity (Wildman–Crippen MR) is 37.4 cm³/mol. The Kier molecular flexibility index (Phi) is 9.60. The first-order valence-electron chi connectivity index (χ1n) is 2.86. The molecule has 0 heterocycles. The maximum absolute atomic E-state index is 8.74. The minimum atomic E-state index is -4.67. The molecule has 0 saturated carbocycles. The molecule has 0 unspecified atom stereocenters. The van der Waals surface area contributed by atoms with Gasteiger partial charge >= 0.3 is 10.4 Å². The van der Waals surface area contributed by atoms with Crippen LogP contribution in [0.2, 0.25) is 0 Å². The molecule has 0 radical (unpaired) electrons. The molecule has 0 bridgehead atoms. The second kappa shape index (κ2) is 7.89. The van der Waals surface area contributed by atoms with Crippen molar-refractivity contribution in [3.8, 4) is 0 Å². The maximum Gasteiger partial charge on any atom is 0.394 e. The van der Waals surface area contributed by atoms with Crippen molar-refractivity contribution in [3.63, 3.8) is 0 Å². The van der Waals surface area contributed by atoms with E-state index in [4.69, 9.17) is 17.5 Å². The largest absolute Gasteiger partial charge is 0.394 e. The third kappa shape index (κ3) is 76.3. The number of hydrogen-bond donors (Lipinski definition) is 2. The minimum Gasteiger partial charge on any atom is -0.264 e. The third-order valence-electron chi connectivity index (χ3n) is 0.319. The van der Waals surface area contributed by atoms with Gasteiger partial charge in [-0.05, 0) is 13.8 Å². The molecule has 0 rings (SSSR count). The van der Waals surface area contributed by atoms with Gasteiger partial charge in [0.25, 0.3) is 0 Å². The van der Waals surface area contributed by atoms with Crippen LogP contribution < -0.4 is 0 Å². The fraction of sp³-hybridized carbons (Fsp3) is 1.00. The van der Waals surface area contributed by atoms with Gasteiger partial charge in [-0.25, -0.2) is 9.78 Å². The molecule has 0 aromatic rings. The molecule has 0 aliphatic rings. The van der Waals surface area contributed by atoms with Gasteiger partial charge in [0.2, 0.25) is 0 Å². The molecule has 0 aromatic heterocycles. The summed E-state index contributed by atoms with van der Waals surface area (Å²) in [5.41, 5.74) is 0. The van der Waals surface area contributed by atoms with E-state index in [0.717, 1.165) is 0 Å². The van der Waals surface area contributed by atoms with Gasteiger partial charge in [-0.2, -0.15) is 8.42 Å². The highest BCUT2D eigenvalue weighted by molar-refractivity contribution is 7.79. The average Bonchev–Trinajstić information content (AvgIpc) is 1.79. The van der Waals surface area contributed by atoms with Gasteiger partial charge in [-0.3, -0.25) is 9.11 Å². The first-order valence-corrected chi connectivity index (χ1v) is 4.25. The van der Waals surface area contributed by atoms with Crippen LogP contribution in [0, 0.1) is 0 Å². The summed E-state index contributed by atoms with van der Waals surface area (Å²) in [5, 5.41) is 0. The Morgan fingerprint density at radius 2 is 1.27 bits per heavy atom. The molecule has 11 heavy (non-hydrogen) atoms. The zero-order valence-corrected chi connectivity index (χ0v) is 7.17. The normalized spacial score (nSPS) is 10.2. The summed E-state index contributed by atoms with van der Waals surface area (Å²) in [6, 6.07) is 0. The third-order valence-corrected chi connectivity index (χ3v) is 0.319. The van der Waals surface area contributed by atoms with Crippen LogP contribution in [-0.4, -0.2) is 30.7 Å². The quantitative estimate of drug-likeness (QED) is 0.287. The summed E-state index contributed by atoms with van der Waals surface area (Å²) in [6.45, 7) is 5.03. The van der Waals surface area contributed by atoms with Crippen LogP contribution in [0.4, 0.5) is 0 Å². The van der Waals surface area contributed by atoms with Gasteiger partial charge in [0.15, 0.2) is 0 Å². The highest BCUT2D eigenvalue weighted by Gasteiger charge is 1.84. The van der Waals surface area contributed by atoms with E-state index in [1.807, 2.05) is 13.8 Å². The minimum absolute atomic E-state index is 0.633. The van der Waals surface area contributed by atoms with E-state index in [0.29, 0.717) is 13.2 Å². The molecule has 0 spiro atoms. The highest BCUT2D eigenvalue weighted by Crippen LogP contribution is 1.72. The summed E-state index contributed by atoms with van der Waals surface area (Å²) in [6.07, 6.45) is 0. The average molecular weight is 188 g/mol. The Morgan fingerprint density at radius 1 is 1.09 bits per heavy atom. The Labute approximate surface area is 65.6 Å². The maximum atomic E-state index is 8.74. The molecule has 0 amide bonds. The summed E-state index contributed by atoms with van der Waals surface area (Å²) in [4.78, 5) is 8.97. The van der Waals surface area contributed by atoms with Gasteiger partial charge in [0, 0.05) is 0 Å². The standard InChI is InChI=1S/C4H10O2.H2O4S/c1-3-5-6-4-2;1-5(2,3)4/h3-4H2,1-2H3;(H2,1,2,3,4). The van der Waals surface area contributed by atoms with Crippen LogP contribution in [0.5, 0.6) is 0 Å². The first kappa shape index (κ1) is 13.4. The Morgan fingerprint density at radius 3 is 1.36 bits per heavy atom. The zero-order chi connectivity index (χ0) is 9.33. The van der Waals surface area contributed by atoms with Crippen molar-refractivity contribution in [2.24, 2.45) is 0 Å². The molecule has 70 valence electrons. The van der Waals surface area contributed by atoms with Gasteiger partial charge in [0.05, 0.1) is 13.2 Å². The van der Waals surface area contributed by atoms with E-state index in [2.05, 4.69) is 9.78 Å². The lowest BCUT2D eigenvalue weighted by atomic mass is 10.9. The lowest BCUT2D eigenvalue weighted by molar-refractivity contribution is -0.287.